The lowest BCUT2D eigenvalue weighted by atomic mass is 9.99. The Bertz CT molecular complexity index is 980. The molecule has 2 amide bonds. The number of aromatic nitrogens is 2. The molecule has 0 aliphatic carbocycles. The molecule has 1 aromatic carbocycles. The fraction of sp³-hybridized carbons (Fsp3) is 0.421. The van der Waals surface area contributed by atoms with Crippen molar-refractivity contribution < 1.29 is 33.1 Å². The molecule has 160 valence electrons. The summed E-state index contributed by atoms with van der Waals surface area (Å²) in [5, 5.41) is 8.77. The molecule has 2 N–H and O–H groups in total. The van der Waals surface area contributed by atoms with Crippen molar-refractivity contribution in [2.24, 2.45) is 5.92 Å². The molecule has 0 radical (unpaired) electrons. The molecular weight excluding hydrogens is 402 g/mol. The number of rotatable bonds is 5. The van der Waals surface area contributed by atoms with E-state index in [0.29, 0.717) is 36.7 Å². The van der Waals surface area contributed by atoms with Gasteiger partial charge in [0.2, 0.25) is 5.91 Å². The van der Waals surface area contributed by atoms with Crippen LogP contribution in [-0.4, -0.2) is 52.4 Å². The van der Waals surface area contributed by atoms with E-state index in [0.717, 1.165) is 10.5 Å². The minimum atomic E-state index is -2.76. The van der Waals surface area contributed by atoms with Crippen LogP contribution < -0.4 is 15.1 Å². The average molecular weight is 422 g/mol. The Balaban J connectivity index is 1.66. The second-order valence-electron chi connectivity index (χ2n) is 7.23. The number of cyclic esters (lactones) is 1. The van der Waals surface area contributed by atoms with Crippen molar-refractivity contribution in [3.05, 3.63) is 30.0 Å². The first-order valence-corrected chi connectivity index (χ1v) is 9.40. The second kappa shape index (κ2) is 7.90. The van der Waals surface area contributed by atoms with Gasteiger partial charge in [0.1, 0.15) is 30.8 Å². The predicted octanol–water partition coefficient (Wildman–Crippen LogP) is 2.22. The van der Waals surface area contributed by atoms with Gasteiger partial charge in [0.15, 0.2) is 5.82 Å². The van der Waals surface area contributed by atoms with E-state index >= 15 is 0 Å². The molecule has 0 saturated carbocycles. The van der Waals surface area contributed by atoms with Crippen LogP contribution in [0.4, 0.5) is 19.4 Å². The highest BCUT2D eigenvalue weighted by atomic mass is 19.3. The molecule has 1 fully saturated rings. The van der Waals surface area contributed by atoms with E-state index in [4.69, 9.17) is 14.7 Å². The fourth-order valence-corrected chi connectivity index (χ4v) is 3.60. The van der Waals surface area contributed by atoms with Crippen molar-refractivity contribution in [2.45, 2.75) is 32.4 Å². The Labute approximate surface area is 170 Å². The van der Waals surface area contributed by atoms with Crippen LogP contribution in [0, 0.1) is 5.92 Å². The Morgan fingerprint density at radius 1 is 1.40 bits per heavy atom. The van der Waals surface area contributed by atoms with Crippen LogP contribution in [0.25, 0.3) is 11.4 Å². The van der Waals surface area contributed by atoms with Crippen LogP contribution in [0.1, 0.15) is 12.5 Å². The zero-order valence-electron chi connectivity index (χ0n) is 16.0. The summed E-state index contributed by atoms with van der Waals surface area (Å²) in [7, 11) is 0. The van der Waals surface area contributed by atoms with E-state index in [1.165, 1.54) is 6.20 Å². The molecule has 3 heterocycles. The summed E-state index contributed by atoms with van der Waals surface area (Å²) in [6, 6.07) is 3.98. The summed E-state index contributed by atoms with van der Waals surface area (Å²) in [6.07, 6.45) is -1.68. The maximum Gasteiger partial charge on any atom is 0.416 e. The van der Waals surface area contributed by atoms with Crippen LogP contribution in [0.3, 0.4) is 0 Å². The fourth-order valence-electron chi connectivity index (χ4n) is 3.60. The standard InChI is InChI=1S/C19H20F2N4O5/c1-10(18(26)23-28)6-11-2-3-12-14(7-11)29-5-4-24-8-15(22-17(12)24)25-13(16(20)21)9-30-19(25)27/h2-3,7-8,10,13,16,28H,4-6,9H2,1H3,(H,23,26)/t10-,13+/m1/s1. The number of carbonyl (C=O) groups is 2. The Hall–Kier alpha value is -3.21. The third-order valence-corrected chi connectivity index (χ3v) is 5.18. The number of carbonyl (C=O) groups excluding carboxylic acids is 2. The Morgan fingerprint density at radius 2 is 2.20 bits per heavy atom. The summed E-state index contributed by atoms with van der Waals surface area (Å²) >= 11 is 0. The highest BCUT2D eigenvalue weighted by Crippen LogP contribution is 2.36. The summed E-state index contributed by atoms with van der Waals surface area (Å²) in [5.74, 6) is 0.187. The number of alkyl halides is 2. The van der Waals surface area contributed by atoms with Gasteiger partial charge in [-0.25, -0.2) is 28.9 Å². The molecule has 1 aromatic heterocycles. The lowest BCUT2D eigenvalue weighted by molar-refractivity contribution is -0.132. The zero-order valence-corrected chi connectivity index (χ0v) is 16.0. The number of imidazole rings is 1. The molecular formula is C19H20F2N4O5. The lowest BCUT2D eigenvalue weighted by Gasteiger charge is -2.17. The number of hydrogen-bond donors (Lipinski definition) is 2. The van der Waals surface area contributed by atoms with Gasteiger partial charge in [0, 0.05) is 12.1 Å². The number of nitrogens with one attached hydrogen (secondary N) is 1. The first-order valence-electron chi connectivity index (χ1n) is 9.40. The maximum absolute atomic E-state index is 13.3. The molecule has 9 nitrogen and oxygen atoms in total. The summed E-state index contributed by atoms with van der Waals surface area (Å²) in [4.78, 5) is 28.9. The van der Waals surface area contributed by atoms with Crippen molar-refractivity contribution in [3.8, 4) is 17.1 Å². The molecule has 0 unspecified atom stereocenters. The number of ether oxygens (including phenoxy) is 2. The monoisotopic (exact) mass is 422 g/mol. The molecule has 1 saturated heterocycles. The molecule has 2 aromatic rings. The van der Waals surface area contributed by atoms with Gasteiger partial charge >= 0.3 is 6.09 Å². The minimum Gasteiger partial charge on any atom is -0.491 e. The number of benzene rings is 1. The maximum atomic E-state index is 13.3. The first-order chi connectivity index (χ1) is 14.4. The first kappa shape index (κ1) is 20.1. The third-order valence-electron chi connectivity index (χ3n) is 5.18. The highest BCUT2D eigenvalue weighted by molar-refractivity contribution is 5.89. The van der Waals surface area contributed by atoms with E-state index in [-0.39, 0.29) is 12.4 Å². The van der Waals surface area contributed by atoms with Crippen molar-refractivity contribution in [2.75, 3.05) is 18.1 Å². The topological polar surface area (TPSA) is 106 Å². The molecule has 0 bridgehead atoms. The normalized spacial score (nSPS) is 18.9. The predicted molar refractivity (Wildman–Crippen MR) is 99.6 cm³/mol. The van der Waals surface area contributed by atoms with Gasteiger partial charge in [-0.3, -0.25) is 10.0 Å². The SMILES string of the molecule is C[C@H](Cc1ccc2c(c1)OCCn1cc(N3C(=O)OC[C@H]3C(F)F)nc1-2)C(=O)NO. The smallest absolute Gasteiger partial charge is 0.416 e. The van der Waals surface area contributed by atoms with Crippen molar-refractivity contribution in [1.29, 1.82) is 0 Å². The summed E-state index contributed by atoms with van der Waals surface area (Å²) in [5.41, 5.74) is 3.10. The third kappa shape index (κ3) is 3.56. The number of anilines is 1. The number of halogens is 2. The molecule has 2 atom stereocenters. The molecule has 0 spiro atoms. The Morgan fingerprint density at radius 3 is 2.93 bits per heavy atom. The average Bonchev–Trinajstić information content (AvgIpc) is 3.26. The molecule has 2 aliphatic rings. The summed E-state index contributed by atoms with van der Waals surface area (Å²) in [6.45, 7) is 2.03. The van der Waals surface area contributed by atoms with Gasteiger partial charge in [0.05, 0.1) is 12.1 Å². The lowest BCUT2D eigenvalue weighted by Crippen LogP contribution is -2.38. The van der Waals surface area contributed by atoms with Crippen LogP contribution in [0.5, 0.6) is 5.75 Å². The largest absolute Gasteiger partial charge is 0.491 e. The van der Waals surface area contributed by atoms with Crippen LogP contribution in [-0.2, 0) is 22.5 Å². The van der Waals surface area contributed by atoms with Gasteiger partial charge < -0.3 is 14.0 Å². The van der Waals surface area contributed by atoms with E-state index in [1.807, 2.05) is 0 Å². The highest BCUT2D eigenvalue weighted by Gasteiger charge is 2.42. The van der Waals surface area contributed by atoms with Crippen molar-refractivity contribution in [3.63, 3.8) is 0 Å². The van der Waals surface area contributed by atoms with Gasteiger partial charge in [-0.2, -0.15) is 0 Å². The quantitative estimate of drug-likeness (QED) is 0.565. The van der Waals surface area contributed by atoms with Gasteiger partial charge in [0.25, 0.3) is 6.43 Å². The van der Waals surface area contributed by atoms with Crippen LogP contribution >= 0.6 is 0 Å². The zero-order chi connectivity index (χ0) is 21.4. The number of nitrogens with zero attached hydrogens (tertiary/aromatic N) is 3. The van der Waals surface area contributed by atoms with Crippen LogP contribution in [0.2, 0.25) is 0 Å². The van der Waals surface area contributed by atoms with Gasteiger partial charge in [-0.15, -0.1) is 0 Å². The summed E-state index contributed by atoms with van der Waals surface area (Å²) < 4.78 is 38.9. The van der Waals surface area contributed by atoms with Gasteiger partial charge in [-0.1, -0.05) is 13.0 Å². The number of hydroxylamine groups is 1. The Kier molecular flexibility index (Phi) is 5.29. The van der Waals surface area contributed by atoms with Crippen molar-refractivity contribution in [1.82, 2.24) is 15.0 Å². The van der Waals surface area contributed by atoms with E-state index in [1.54, 1.807) is 35.2 Å². The number of hydrogen-bond acceptors (Lipinski definition) is 6. The molecule has 2 aliphatic heterocycles. The molecule has 4 rings (SSSR count). The van der Waals surface area contributed by atoms with E-state index in [2.05, 4.69) is 4.98 Å². The van der Waals surface area contributed by atoms with E-state index < -0.39 is 30.4 Å². The number of fused-ring (bicyclic) bond motifs is 3. The van der Waals surface area contributed by atoms with Gasteiger partial charge in [-0.05, 0) is 24.1 Å². The molecule has 11 heteroatoms. The van der Waals surface area contributed by atoms with E-state index in [9.17, 15) is 18.4 Å². The minimum absolute atomic E-state index is 0.1000. The second-order valence-corrected chi connectivity index (χ2v) is 7.23. The van der Waals surface area contributed by atoms with Crippen molar-refractivity contribution >= 4 is 17.8 Å². The number of amides is 2. The molecule has 30 heavy (non-hydrogen) atoms. The van der Waals surface area contributed by atoms with Crippen LogP contribution in [0.15, 0.2) is 24.4 Å².